The Hall–Kier alpha value is -0.103. The average Bonchev–Trinajstić information content (AvgIpc) is 2.55. The van der Waals surface area contributed by atoms with Crippen LogP contribution in [0.15, 0.2) is 0 Å². The molecule has 2 N–H and O–H groups in total. The maximum Gasteiger partial charge on any atom is 0.306 e. The highest BCUT2D eigenvalue weighted by molar-refractivity contribution is 6.27. The van der Waals surface area contributed by atoms with Gasteiger partial charge < -0.3 is 38.6 Å². The molecule has 0 radical (unpaired) electrons. The van der Waals surface area contributed by atoms with Gasteiger partial charge in [0.2, 0.25) is 0 Å². The first-order valence-corrected chi connectivity index (χ1v) is 9.49. The van der Waals surface area contributed by atoms with Crippen LogP contribution in [0.25, 0.3) is 0 Å². The van der Waals surface area contributed by atoms with Crippen molar-refractivity contribution in [2.45, 2.75) is 18.4 Å². The van der Waals surface area contributed by atoms with E-state index in [1.165, 1.54) is 0 Å². The Labute approximate surface area is 141 Å². The summed E-state index contributed by atoms with van der Waals surface area (Å²) < 4.78 is 38.1. The molecular formula is C14H33NO7Si. The van der Waals surface area contributed by atoms with Gasteiger partial charge in [-0.05, 0) is 19.0 Å². The summed E-state index contributed by atoms with van der Waals surface area (Å²) in [6, 6.07) is 1.01. The fourth-order valence-corrected chi connectivity index (χ4v) is 2.73. The smallest absolute Gasteiger partial charge is 0.306 e. The molecule has 0 amide bonds. The minimum Gasteiger partial charge on any atom is -0.416 e. The Bertz CT molecular complexity index is 223. The molecule has 0 aromatic heterocycles. The van der Waals surface area contributed by atoms with Crippen LogP contribution in [0.4, 0.5) is 0 Å². The normalized spacial score (nSPS) is 12.5. The maximum absolute atomic E-state index is 5.78. The standard InChI is InChI=1S/C14H33NO7Si/c1-16-6-9-19-14(20-10-7-17-2,21-11-8-18-3)13-22-23-12-4-5-15/h4-13,15,23H2,1-3H3. The van der Waals surface area contributed by atoms with Crippen LogP contribution in [0, 0.1) is 0 Å². The summed E-state index contributed by atoms with van der Waals surface area (Å²) in [5.41, 5.74) is 5.49. The highest BCUT2D eigenvalue weighted by atomic mass is 28.2. The van der Waals surface area contributed by atoms with E-state index in [2.05, 4.69) is 0 Å². The first-order valence-electron chi connectivity index (χ1n) is 7.91. The zero-order valence-corrected chi connectivity index (χ0v) is 16.1. The molecule has 0 bridgehead atoms. The largest absolute Gasteiger partial charge is 0.416 e. The van der Waals surface area contributed by atoms with E-state index in [1.807, 2.05) is 0 Å². The Balaban J connectivity index is 4.52. The number of hydrogen-bond donors (Lipinski definition) is 1. The van der Waals surface area contributed by atoms with Crippen LogP contribution < -0.4 is 5.73 Å². The summed E-state index contributed by atoms with van der Waals surface area (Å²) in [7, 11) is 4.15. The second kappa shape index (κ2) is 16.7. The fraction of sp³-hybridized carbons (Fsp3) is 1.00. The second-order valence-corrected chi connectivity index (χ2v) is 6.28. The van der Waals surface area contributed by atoms with Crippen LogP contribution in [-0.4, -0.2) is 89.9 Å². The molecule has 0 aromatic rings. The number of rotatable bonds is 18. The Morgan fingerprint density at radius 3 is 1.65 bits per heavy atom. The van der Waals surface area contributed by atoms with Crippen molar-refractivity contribution < 1.29 is 32.8 Å². The average molecular weight is 356 g/mol. The van der Waals surface area contributed by atoms with Gasteiger partial charge in [0.05, 0.1) is 39.6 Å². The molecule has 0 aliphatic heterocycles. The molecule has 23 heavy (non-hydrogen) atoms. The number of hydrogen-bond acceptors (Lipinski definition) is 8. The lowest BCUT2D eigenvalue weighted by Gasteiger charge is -2.33. The van der Waals surface area contributed by atoms with Crippen LogP contribution >= 0.6 is 0 Å². The van der Waals surface area contributed by atoms with Gasteiger partial charge in [0.1, 0.15) is 6.61 Å². The third-order valence-electron chi connectivity index (χ3n) is 2.85. The summed E-state index contributed by atoms with van der Waals surface area (Å²) in [6.07, 6.45) is 0.971. The van der Waals surface area contributed by atoms with Crippen molar-refractivity contribution in [1.29, 1.82) is 0 Å². The van der Waals surface area contributed by atoms with E-state index in [0.29, 0.717) is 46.2 Å². The van der Waals surface area contributed by atoms with Gasteiger partial charge in [-0.2, -0.15) is 0 Å². The highest BCUT2D eigenvalue weighted by Crippen LogP contribution is 2.17. The Morgan fingerprint density at radius 2 is 1.26 bits per heavy atom. The number of nitrogens with two attached hydrogens (primary N) is 1. The van der Waals surface area contributed by atoms with E-state index in [0.717, 1.165) is 12.5 Å². The Kier molecular flexibility index (Phi) is 16.7. The lowest BCUT2D eigenvalue weighted by molar-refractivity contribution is -0.392. The Morgan fingerprint density at radius 1 is 0.783 bits per heavy atom. The minimum absolute atomic E-state index is 0.209. The number of ether oxygens (including phenoxy) is 6. The maximum atomic E-state index is 5.78. The van der Waals surface area contributed by atoms with Crippen molar-refractivity contribution in [2.24, 2.45) is 5.73 Å². The molecule has 0 saturated carbocycles. The van der Waals surface area contributed by atoms with Crippen LogP contribution in [-0.2, 0) is 32.8 Å². The van der Waals surface area contributed by atoms with Crippen molar-refractivity contribution in [2.75, 3.05) is 74.1 Å². The van der Waals surface area contributed by atoms with Crippen LogP contribution in [0.1, 0.15) is 6.42 Å². The molecule has 0 aliphatic carbocycles. The number of methoxy groups -OCH3 is 3. The minimum atomic E-state index is -1.26. The lowest BCUT2D eigenvalue weighted by Crippen LogP contribution is -2.46. The zero-order chi connectivity index (χ0) is 17.2. The topological polar surface area (TPSA) is 90.6 Å². The van der Waals surface area contributed by atoms with Crippen molar-refractivity contribution in [3.63, 3.8) is 0 Å². The quantitative estimate of drug-likeness (QED) is 0.200. The summed E-state index contributed by atoms with van der Waals surface area (Å²) in [6.45, 7) is 3.22. The van der Waals surface area contributed by atoms with Gasteiger partial charge in [-0.1, -0.05) is 0 Å². The third kappa shape index (κ3) is 12.9. The molecule has 0 aliphatic rings. The van der Waals surface area contributed by atoms with Gasteiger partial charge in [-0.15, -0.1) is 0 Å². The molecule has 0 unspecified atom stereocenters. The lowest BCUT2D eigenvalue weighted by atomic mass is 10.5. The third-order valence-corrected chi connectivity index (χ3v) is 4.13. The zero-order valence-electron chi connectivity index (χ0n) is 14.7. The second-order valence-electron chi connectivity index (χ2n) is 4.76. The molecule has 0 atom stereocenters. The molecule has 140 valence electrons. The fourth-order valence-electron chi connectivity index (χ4n) is 1.64. The van der Waals surface area contributed by atoms with E-state index in [-0.39, 0.29) is 6.61 Å². The molecule has 0 saturated heterocycles. The van der Waals surface area contributed by atoms with E-state index in [4.69, 9.17) is 38.6 Å². The van der Waals surface area contributed by atoms with Gasteiger partial charge in [-0.3, -0.25) is 0 Å². The first-order chi connectivity index (χ1) is 11.2. The summed E-state index contributed by atoms with van der Waals surface area (Å²) >= 11 is 0. The molecule has 0 spiro atoms. The van der Waals surface area contributed by atoms with Gasteiger partial charge in [0.15, 0.2) is 9.76 Å². The molecule has 0 aromatic carbocycles. The monoisotopic (exact) mass is 355 g/mol. The van der Waals surface area contributed by atoms with Gasteiger partial charge in [0.25, 0.3) is 0 Å². The summed E-state index contributed by atoms with van der Waals surface area (Å²) in [4.78, 5) is 0. The molecule has 0 heterocycles. The molecule has 0 rings (SSSR count). The van der Waals surface area contributed by atoms with Crippen molar-refractivity contribution in [3.8, 4) is 0 Å². The summed E-state index contributed by atoms with van der Waals surface area (Å²) in [5, 5.41) is 0. The van der Waals surface area contributed by atoms with E-state index in [1.54, 1.807) is 21.3 Å². The highest BCUT2D eigenvalue weighted by Gasteiger charge is 2.34. The molecular weight excluding hydrogens is 322 g/mol. The van der Waals surface area contributed by atoms with Crippen molar-refractivity contribution >= 4 is 9.76 Å². The van der Waals surface area contributed by atoms with Gasteiger partial charge in [-0.25, -0.2) is 0 Å². The molecule has 0 fully saturated rings. The van der Waals surface area contributed by atoms with Gasteiger partial charge >= 0.3 is 5.97 Å². The van der Waals surface area contributed by atoms with E-state index in [9.17, 15) is 0 Å². The van der Waals surface area contributed by atoms with Crippen molar-refractivity contribution in [3.05, 3.63) is 0 Å². The van der Waals surface area contributed by atoms with Crippen LogP contribution in [0.5, 0.6) is 0 Å². The molecule has 8 nitrogen and oxygen atoms in total. The van der Waals surface area contributed by atoms with Crippen molar-refractivity contribution in [1.82, 2.24) is 0 Å². The summed E-state index contributed by atoms with van der Waals surface area (Å²) in [5.74, 6) is -1.26. The SMILES string of the molecule is COCCOC(CO[SiH2]CCCN)(OCCOC)OCCOC. The predicted molar refractivity (Wildman–Crippen MR) is 89.2 cm³/mol. The molecule has 9 heteroatoms. The predicted octanol–water partition coefficient (Wildman–Crippen LogP) is -0.503. The van der Waals surface area contributed by atoms with Crippen LogP contribution in [0.2, 0.25) is 6.04 Å². The first kappa shape index (κ1) is 22.9. The van der Waals surface area contributed by atoms with Gasteiger partial charge in [0, 0.05) is 21.3 Å². The van der Waals surface area contributed by atoms with E-state index >= 15 is 0 Å². The van der Waals surface area contributed by atoms with E-state index < -0.39 is 15.7 Å². The van der Waals surface area contributed by atoms with Crippen LogP contribution in [0.3, 0.4) is 0 Å².